The number of ketones is 1. The molecule has 2 aliphatic rings. The van der Waals surface area contributed by atoms with Crippen LogP contribution in [-0.2, 0) is 20.9 Å². The molecule has 0 spiro atoms. The highest BCUT2D eigenvalue weighted by molar-refractivity contribution is 6.66. The number of hydrogen-bond donors (Lipinski definition) is 1. The predicted molar refractivity (Wildman–Crippen MR) is 142 cm³/mol. The molecule has 0 radical (unpaired) electrons. The van der Waals surface area contributed by atoms with Crippen molar-refractivity contribution < 1.29 is 18.7 Å². The van der Waals surface area contributed by atoms with Gasteiger partial charge in [0.15, 0.2) is 0 Å². The number of rotatable bonds is 9. The molecule has 2 aromatic carbocycles. The fraction of sp³-hybridized carbons (Fsp3) is 0.379. The summed E-state index contributed by atoms with van der Waals surface area (Å²) in [6.45, 7) is 6.10. The number of ether oxygens (including phenoxy) is 1. The van der Waals surface area contributed by atoms with E-state index < -0.39 is 18.4 Å². The topological polar surface area (TPSA) is 83.4 Å². The molecule has 0 bridgehead atoms. The van der Waals surface area contributed by atoms with Crippen molar-refractivity contribution in [3.63, 3.8) is 0 Å². The summed E-state index contributed by atoms with van der Waals surface area (Å²) in [5, 5.41) is 3.14. The molecule has 2 aliphatic heterocycles. The van der Waals surface area contributed by atoms with E-state index in [1.807, 2.05) is 36.4 Å². The first-order valence-electron chi connectivity index (χ1n) is 12.5. The summed E-state index contributed by atoms with van der Waals surface area (Å²) in [6, 6.07) is 15.7. The Kier molecular flexibility index (Phi) is 9.44. The summed E-state index contributed by atoms with van der Waals surface area (Å²) < 4.78 is 18.4. The van der Waals surface area contributed by atoms with Gasteiger partial charge in [-0.2, -0.15) is 4.99 Å². The number of benzene rings is 2. The van der Waals surface area contributed by atoms with Gasteiger partial charge in [-0.3, -0.25) is 14.5 Å². The van der Waals surface area contributed by atoms with Gasteiger partial charge in [-0.15, -0.1) is 0 Å². The van der Waals surface area contributed by atoms with Gasteiger partial charge in [0, 0.05) is 55.7 Å². The molecule has 1 amide bonds. The summed E-state index contributed by atoms with van der Waals surface area (Å²) in [7, 11) is 0. The SMILES string of the molecule is C[C@H](CF)NCC(CC1=NC=NC(=O)C1=O)c1ccc(C#Cc2ccc(CN3CCOCC3)cc2)cc1. The highest BCUT2D eigenvalue weighted by Crippen LogP contribution is 2.22. The molecular weight excluding hydrogens is 471 g/mol. The van der Waals surface area contributed by atoms with Gasteiger partial charge in [-0.25, -0.2) is 9.38 Å². The molecule has 1 unspecified atom stereocenters. The maximum atomic E-state index is 13.0. The number of Topliss-reactive ketones (excluding diaryl/α,β-unsaturated/α-hetero) is 1. The van der Waals surface area contributed by atoms with Crippen LogP contribution in [0.25, 0.3) is 0 Å². The lowest BCUT2D eigenvalue weighted by atomic mass is 9.91. The van der Waals surface area contributed by atoms with Crippen molar-refractivity contribution >= 4 is 23.7 Å². The highest BCUT2D eigenvalue weighted by Gasteiger charge is 2.26. The second-order valence-electron chi connectivity index (χ2n) is 9.28. The van der Waals surface area contributed by atoms with E-state index in [0.717, 1.165) is 55.9 Å². The first-order valence-corrected chi connectivity index (χ1v) is 12.5. The van der Waals surface area contributed by atoms with E-state index in [1.54, 1.807) is 6.92 Å². The van der Waals surface area contributed by atoms with E-state index in [4.69, 9.17) is 4.74 Å². The zero-order chi connectivity index (χ0) is 26.0. The minimum absolute atomic E-state index is 0.167. The zero-order valence-electron chi connectivity index (χ0n) is 21.0. The second kappa shape index (κ2) is 13.2. The maximum Gasteiger partial charge on any atom is 0.320 e. The van der Waals surface area contributed by atoms with Crippen LogP contribution in [0.2, 0.25) is 0 Å². The predicted octanol–water partition coefficient (Wildman–Crippen LogP) is 2.92. The molecule has 2 heterocycles. The summed E-state index contributed by atoms with van der Waals surface area (Å²) in [5.41, 5.74) is 4.17. The molecule has 192 valence electrons. The third-order valence-corrected chi connectivity index (χ3v) is 6.43. The van der Waals surface area contributed by atoms with Crippen LogP contribution in [0.3, 0.4) is 0 Å². The monoisotopic (exact) mass is 502 g/mol. The van der Waals surface area contributed by atoms with Crippen LogP contribution in [0.1, 0.15) is 41.5 Å². The van der Waals surface area contributed by atoms with Crippen molar-refractivity contribution in [3.05, 3.63) is 70.8 Å². The van der Waals surface area contributed by atoms with Crippen molar-refractivity contribution in [3.8, 4) is 11.8 Å². The molecule has 37 heavy (non-hydrogen) atoms. The number of nitrogens with zero attached hydrogens (tertiary/aromatic N) is 3. The number of hydrogen-bond acceptors (Lipinski definition) is 6. The summed E-state index contributed by atoms with van der Waals surface area (Å²) >= 11 is 0. The minimum Gasteiger partial charge on any atom is -0.379 e. The minimum atomic E-state index is -0.811. The van der Waals surface area contributed by atoms with Gasteiger partial charge in [0.25, 0.3) is 5.78 Å². The first kappa shape index (κ1) is 26.6. The molecule has 2 atom stereocenters. The van der Waals surface area contributed by atoms with E-state index in [9.17, 15) is 14.0 Å². The molecule has 0 aliphatic carbocycles. The van der Waals surface area contributed by atoms with Crippen LogP contribution in [0.5, 0.6) is 0 Å². The van der Waals surface area contributed by atoms with Crippen LogP contribution in [0, 0.1) is 11.8 Å². The Morgan fingerprint density at radius 3 is 2.32 bits per heavy atom. The van der Waals surface area contributed by atoms with Gasteiger partial charge < -0.3 is 10.1 Å². The van der Waals surface area contributed by atoms with Crippen molar-refractivity contribution in [2.75, 3.05) is 39.5 Å². The third kappa shape index (κ3) is 7.73. The average molecular weight is 503 g/mol. The number of nitrogens with one attached hydrogen (secondary N) is 1. The Morgan fingerprint density at radius 2 is 1.68 bits per heavy atom. The highest BCUT2D eigenvalue weighted by atomic mass is 19.1. The number of amides is 1. The third-order valence-electron chi connectivity index (χ3n) is 6.43. The molecule has 0 aromatic heterocycles. The molecule has 1 N–H and O–H groups in total. The quantitative estimate of drug-likeness (QED) is 0.421. The standard InChI is InChI=1S/C29H31FN4O3/c1-21(17-30)31-18-26(16-27-28(35)29(36)33-20-32-27)25-10-8-23(9-11-25)3-2-22-4-6-24(7-5-22)19-34-12-14-37-15-13-34/h4-11,20-21,26,31H,12-19H2,1H3/t21-,26?/m1/s1. The number of carbonyl (C=O) groups is 2. The second-order valence-corrected chi connectivity index (χ2v) is 9.28. The molecule has 1 saturated heterocycles. The van der Waals surface area contributed by atoms with Crippen LogP contribution in [0.4, 0.5) is 4.39 Å². The first-order chi connectivity index (χ1) is 18.0. The van der Waals surface area contributed by atoms with Crippen molar-refractivity contribution in [1.82, 2.24) is 10.2 Å². The molecular formula is C29H31FN4O3. The summed E-state index contributed by atoms with van der Waals surface area (Å²) in [6.07, 6.45) is 1.37. The van der Waals surface area contributed by atoms with E-state index in [0.29, 0.717) is 6.54 Å². The average Bonchev–Trinajstić information content (AvgIpc) is 2.93. The largest absolute Gasteiger partial charge is 0.379 e. The van der Waals surface area contributed by atoms with Crippen LogP contribution >= 0.6 is 0 Å². The van der Waals surface area contributed by atoms with Gasteiger partial charge in [0.1, 0.15) is 13.0 Å². The number of alkyl halides is 1. The Bertz CT molecular complexity index is 1210. The molecule has 0 saturated carbocycles. The number of morpholine rings is 1. The molecule has 1 fully saturated rings. The van der Waals surface area contributed by atoms with Crippen molar-refractivity contribution in [1.29, 1.82) is 0 Å². The van der Waals surface area contributed by atoms with Gasteiger partial charge in [0.05, 0.1) is 18.9 Å². The van der Waals surface area contributed by atoms with Crippen molar-refractivity contribution in [2.45, 2.75) is 31.8 Å². The number of aliphatic imine (C=N–C) groups is 2. The Hall–Kier alpha value is -3.51. The molecule has 7 nitrogen and oxygen atoms in total. The smallest absolute Gasteiger partial charge is 0.320 e. The van der Waals surface area contributed by atoms with Gasteiger partial charge >= 0.3 is 5.91 Å². The maximum absolute atomic E-state index is 13.0. The zero-order valence-corrected chi connectivity index (χ0v) is 21.0. The lowest BCUT2D eigenvalue weighted by Gasteiger charge is -2.26. The lowest BCUT2D eigenvalue weighted by Crippen LogP contribution is -2.35. The Labute approximate surface area is 216 Å². The summed E-state index contributed by atoms with van der Waals surface area (Å²) in [4.78, 5) is 33.7. The fourth-order valence-electron chi connectivity index (χ4n) is 4.17. The molecule has 4 rings (SSSR count). The normalized spacial score (nSPS) is 17.6. The Balaban J connectivity index is 1.41. The van der Waals surface area contributed by atoms with E-state index in [1.165, 1.54) is 5.56 Å². The van der Waals surface area contributed by atoms with Crippen LogP contribution < -0.4 is 5.32 Å². The van der Waals surface area contributed by atoms with Crippen molar-refractivity contribution in [2.24, 2.45) is 9.98 Å². The fourth-order valence-corrected chi connectivity index (χ4v) is 4.17. The van der Waals surface area contributed by atoms with Crippen LogP contribution in [0.15, 0.2) is 58.5 Å². The van der Waals surface area contributed by atoms with Gasteiger partial charge in [-0.1, -0.05) is 36.1 Å². The van der Waals surface area contributed by atoms with Gasteiger partial charge in [-0.05, 0) is 42.3 Å². The number of carbonyl (C=O) groups excluding carboxylic acids is 2. The van der Waals surface area contributed by atoms with Gasteiger partial charge in [0.2, 0.25) is 0 Å². The molecule has 8 heteroatoms. The van der Waals surface area contributed by atoms with Crippen LogP contribution in [-0.4, -0.2) is 74.2 Å². The van der Waals surface area contributed by atoms with E-state index >= 15 is 0 Å². The molecule has 2 aromatic rings. The van der Waals surface area contributed by atoms with E-state index in [2.05, 4.69) is 44.2 Å². The summed E-state index contributed by atoms with van der Waals surface area (Å²) in [5.74, 6) is 4.74. The number of halogens is 1. The lowest BCUT2D eigenvalue weighted by molar-refractivity contribution is -0.132. The Morgan fingerprint density at radius 1 is 1.03 bits per heavy atom. The van der Waals surface area contributed by atoms with E-state index in [-0.39, 0.29) is 24.1 Å².